The summed E-state index contributed by atoms with van der Waals surface area (Å²) in [7, 11) is -4.47. The number of carbonyl (C=O) groups excluding carboxylic acids is 2. The maximum absolute atomic E-state index is 12.6. The van der Waals surface area contributed by atoms with E-state index in [-0.39, 0.29) is 51.9 Å². The highest BCUT2D eigenvalue weighted by Crippen LogP contribution is 2.43. The van der Waals surface area contributed by atoms with Crippen LogP contribution in [0.3, 0.4) is 0 Å². The van der Waals surface area contributed by atoms with Gasteiger partial charge >= 0.3 is 19.8 Å². The Balaban J connectivity index is 2.40. The number of aliphatic hydroxyl groups excluding tert-OH is 2. The van der Waals surface area contributed by atoms with E-state index in [2.05, 4.69) is 58.1 Å². The molecule has 0 bridgehead atoms. The quantitative estimate of drug-likeness (QED) is 0.0225. The summed E-state index contributed by atoms with van der Waals surface area (Å²) in [5, 5.41) is 20.7. The van der Waals surface area contributed by atoms with Crippen molar-refractivity contribution in [2.45, 2.75) is 162 Å². The van der Waals surface area contributed by atoms with E-state index in [1.165, 1.54) is 11.1 Å². The Morgan fingerprint density at radius 1 is 0.732 bits per heavy atom. The minimum Gasteiger partial charge on any atom is -0.466 e. The van der Waals surface area contributed by atoms with E-state index in [0.717, 1.165) is 88.6 Å². The van der Waals surface area contributed by atoms with Crippen LogP contribution in [0.15, 0.2) is 53.0 Å². The third-order valence-electron chi connectivity index (χ3n) is 9.10. The molecular formula is C43H72NO11P. The molecule has 0 fully saturated rings. The molecule has 0 aliphatic rings. The Bertz CT molecular complexity index is 1370. The lowest BCUT2D eigenvalue weighted by Gasteiger charge is -2.20. The van der Waals surface area contributed by atoms with Crippen molar-refractivity contribution in [3.05, 3.63) is 71.3 Å². The van der Waals surface area contributed by atoms with Crippen molar-refractivity contribution in [2.75, 3.05) is 26.4 Å². The van der Waals surface area contributed by atoms with E-state index in [0.29, 0.717) is 6.42 Å². The van der Waals surface area contributed by atoms with Crippen LogP contribution in [0.1, 0.15) is 139 Å². The van der Waals surface area contributed by atoms with Crippen molar-refractivity contribution < 1.29 is 52.2 Å². The summed E-state index contributed by atoms with van der Waals surface area (Å²) >= 11 is 0. The average Bonchev–Trinajstić information content (AvgIpc) is 3.44. The fourth-order valence-electron chi connectivity index (χ4n) is 5.71. The smallest absolute Gasteiger partial charge is 0.466 e. The van der Waals surface area contributed by atoms with E-state index < -0.39 is 44.7 Å². The van der Waals surface area contributed by atoms with Gasteiger partial charge in [0.2, 0.25) is 0 Å². The van der Waals surface area contributed by atoms with Crippen molar-refractivity contribution in [1.29, 1.82) is 0 Å². The zero-order chi connectivity index (χ0) is 41.4. The molecule has 1 aromatic heterocycles. The minimum absolute atomic E-state index is 0.00180. The Morgan fingerprint density at radius 3 is 1.93 bits per heavy atom. The standard InChI is InChI=1S/C43H72NO11P/c1-5-7-8-9-10-11-12-13-14-15-18-21-26-38(45)39(46)27-24-30-43(48)54-37(34-53-56(49,50)52-32-31-44)33-51-42(47)29-23-20-17-16-19-22-28-41-36(4)35(3)40(55-41)25-6-2/h7-8,10-11,13-14,18,21,37-39,45-46H,5-6,9,12,15-17,19-20,22-34,44H2,1-4H3,(H,49,50)/b8-7-,11-10-,14-13-,21-18-/t37-,38-,39-/m1/s1. The second-order valence-electron chi connectivity index (χ2n) is 14.0. The van der Waals surface area contributed by atoms with E-state index >= 15 is 0 Å². The van der Waals surface area contributed by atoms with Crippen molar-refractivity contribution in [3.63, 3.8) is 0 Å². The molecular weight excluding hydrogens is 737 g/mol. The van der Waals surface area contributed by atoms with E-state index in [1.807, 2.05) is 18.2 Å². The number of unbranched alkanes of at least 4 members (excludes halogenated alkanes) is 5. The third-order valence-corrected chi connectivity index (χ3v) is 10.1. The van der Waals surface area contributed by atoms with Gasteiger partial charge < -0.3 is 34.7 Å². The molecule has 0 saturated carbocycles. The van der Waals surface area contributed by atoms with Gasteiger partial charge in [0.1, 0.15) is 18.1 Å². The maximum atomic E-state index is 12.6. The first-order valence-corrected chi connectivity index (χ1v) is 22.1. The van der Waals surface area contributed by atoms with Crippen molar-refractivity contribution >= 4 is 19.8 Å². The van der Waals surface area contributed by atoms with Gasteiger partial charge in [-0.3, -0.25) is 18.6 Å². The lowest BCUT2D eigenvalue weighted by molar-refractivity contribution is -0.161. The predicted octanol–water partition coefficient (Wildman–Crippen LogP) is 8.76. The average molecular weight is 810 g/mol. The number of aliphatic hydroxyl groups is 2. The number of hydrogen-bond donors (Lipinski definition) is 4. The van der Waals surface area contributed by atoms with Gasteiger partial charge in [-0.15, -0.1) is 0 Å². The molecule has 0 aromatic carbocycles. The molecule has 320 valence electrons. The predicted molar refractivity (Wildman–Crippen MR) is 221 cm³/mol. The lowest BCUT2D eigenvalue weighted by atomic mass is 10.0. The summed E-state index contributed by atoms with van der Waals surface area (Å²) in [5.74, 6) is 1.04. The topological polar surface area (TPSA) is 188 Å². The number of allylic oxidation sites excluding steroid dienone is 7. The first-order valence-electron chi connectivity index (χ1n) is 20.6. The molecule has 56 heavy (non-hydrogen) atoms. The second-order valence-corrected chi connectivity index (χ2v) is 15.5. The number of ether oxygens (including phenoxy) is 2. The van der Waals surface area contributed by atoms with E-state index in [4.69, 9.17) is 28.7 Å². The van der Waals surface area contributed by atoms with Crippen LogP contribution in [0.25, 0.3) is 0 Å². The molecule has 5 N–H and O–H groups in total. The van der Waals surface area contributed by atoms with Gasteiger partial charge in [0.15, 0.2) is 6.10 Å². The van der Waals surface area contributed by atoms with E-state index in [1.54, 1.807) is 0 Å². The van der Waals surface area contributed by atoms with Gasteiger partial charge in [-0.05, 0) is 89.2 Å². The van der Waals surface area contributed by atoms with Crippen molar-refractivity contribution in [2.24, 2.45) is 5.73 Å². The summed E-state index contributed by atoms with van der Waals surface area (Å²) in [4.78, 5) is 35.0. The SMILES string of the molecule is CC/C=C\C/C=C\C/C=C\C/C=C\C[C@@H](O)[C@H](O)CCCC(=O)O[C@H](COC(=O)CCCCCCCCc1oc(CCC)c(C)c1C)COP(=O)(O)OCCN. The second kappa shape index (κ2) is 32.2. The fraction of sp³-hybridized carbons (Fsp3) is 0.674. The Labute approximate surface area is 336 Å². The number of hydrogen-bond acceptors (Lipinski definition) is 11. The molecule has 0 saturated heterocycles. The van der Waals surface area contributed by atoms with Gasteiger partial charge in [-0.1, -0.05) is 88.1 Å². The molecule has 0 aliphatic heterocycles. The zero-order valence-corrected chi connectivity index (χ0v) is 35.4. The lowest BCUT2D eigenvalue weighted by Crippen LogP contribution is -2.30. The summed E-state index contributed by atoms with van der Waals surface area (Å²) in [6.45, 7) is 7.38. The van der Waals surface area contributed by atoms with Crippen LogP contribution in [-0.2, 0) is 45.5 Å². The number of esters is 2. The molecule has 1 rings (SSSR count). The normalized spacial score (nSPS) is 14.9. The van der Waals surface area contributed by atoms with Gasteiger partial charge in [-0.2, -0.15) is 0 Å². The Morgan fingerprint density at radius 2 is 1.30 bits per heavy atom. The number of phosphoric acid groups is 1. The molecule has 4 atom stereocenters. The number of carbonyl (C=O) groups is 2. The number of rotatable bonds is 34. The molecule has 1 unspecified atom stereocenters. The first-order chi connectivity index (χ1) is 26.9. The Hall–Kier alpha value is -2.83. The van der Waals surface area contributed by atoms with Crippen molar-refractivity contribution in [1.82, 2.24) is 0 Å². The number of phosphoric ester groups is 1. The highest BCUT2D eigenvalue weighted by molar-refractivity contribution is 7.47. The van der Waals surface area contributed by atoms with Gasteiger partial charge in [-0.25, -0.2) is 4.57 Å². The number of nitrogens with two attached hydrogens (primary N) is 1. The Kier molecular flexibility index (Phi) is 29.4. The summed E-state index contributed by atoms with van der Waals surface area (Å²) in [5.41, 5.74) is 7.86. The monoisotopic (exact) mass is 809 g/mol. The molecule has 1 aromatic rings. The van der Waals surface area contributed by atoms with Gasteiger partial charge in [0.05, 0.1) is 25.4 Å². The third kappa shape index (κ3) is 25.4. The van der Waals surface area contributed by atoms with Crippen LogP contribution in [0.4, 0.5) is 0 Å². The number of aryl methyl sites for hydroxylation is 2. The van der Waals surface area contributed by atoms with E-state index in [9.17, 15) is 29.3 Å². The summed E-state index contributed by atoms with van der Waals surface area (Å²) in [6, 6.07) is 0. The zero-order valence-electron chi connectivity index (χ0n) is 34.5. The molecule has 1 heterocycles. The highest BCUT2D eigenvalue weighted by atomic mass is 31.2. The van der Waals surface area contributed by atoms with Crippen LogP contribution in [0.5, 0.6) is 0 Å². The molecule has 13 heteroatoms. The fourth-order valence-corrected chi connectivity index (χ4v) is 6.47. The highest BCUT2D eigenvalue weighted by Gasteiger charge is 2.26. The van der Waals surface area contributed by atoms with Crippen LogP contribution < -0.4 is 5.73 Å². The van der Waals surface area contributed by atoms with Crippen LogP contribution in [0.2, 0.25) is 0 Å². The van der Waals surface area contributed by atoms with Crippen LogP contribution >= 0.6 is 7.82 Å². The minimum atomic E-state index is -4.47. The molecule has 0 aliphatic carbocycles. The van der Waals surface area contributed by atoms with Crippen LogP contribution in [-0.4, -0.2) is 71.7 Å². The maximum Gasteiger partial charge on any atom is 0.472 e. The van der Waals surface area contributed by atoms with Crippen molar-refractivity contribution in [3.8, 4) is 0 Å². The van der Waals surface area contributed by atoms with Gasteiger partial charge in [0.25, 0.3) is 0 Å². The molecule has 0 radical (unpaired) electrons. The first kappa shape index (κ1) is 51.2. The largest absolute Gasteiger partial charge is 0.472 e. The molecule has 0 spiro atoms. The summed E-state index contributed by atoms with van der Waals surface area (Å²) in [6.07, 6.45) is 26.1. The summed E-state index contributed by atoms with van der Waals surface area (Å²) < 4.78 is 38.7. The molecule has 12 nitrogen and oxygen atoms in total. The number of furan rings is 1. The van der Waals surface area contributed by atoms with Gasteiger partial charge in [0, 0.05) is 32.2 Å². The molecule has 0 amide bonds. The van der Waals surface area contributed by atoms with Crippen LogP contribution in [0, 0.1) is 13.8 Å².